The van der Waals surface area contributed by atoms with E-state index in [1.165, 1.54) is 6.07 Å². The molecular weight excluding hydrogens is 789 g/mol. The molecule has 0 saturated heterocycles. The van der Waals surface area contributed by atoms with Gasteiger partial charge < -0.3 is 13.9 Å². The van der Waals surface area contributed by atoms with Gasteiger partial charge in [0.05, 0.1) is 58.1 Å². The Morgan fingerprint density at radius 2 is 0.969 bits per heavy atom. The molecule has 0 aliphatic rings. The Labute approximate surface area is 407 Å². The number of anilines is 3. The Morgan fingerprint density at radius 1 is 0.400 bits per heavy atom. The van der Waals surface area contributed by atoms with Gasteiger partial charge >= 0.3 is 0 Å². The number of hydrogen-bond donors (Lipinski definition) is 0. The molecule has 11 aromatic carbocycles. The normalized spacial score (nSPS) is 16.4. The molecule has 3 heteroatoms. The smallest absolute Gasteiger partial charge is 0.145 e. The van der Waals surface area contributed by atoms with Gasteiger partial charge in [0, 0.05) is 38.5 Å². The molecule has 2 aromatic heterocycles. The average molecular weight is 851 g/mol. The largest absolute Gasteiger partial charge is 0.455 e. The number of furan rings is 1. The number of nitrogens with zero attached hydrogens (tertiary/aromatic N) is 2. The van der Waals surface area contributed by atoms with Gasteiger partial charge in [-0.25, -0.2) is 0 Å². The van der Waals surface area contributed by atoms with Gasteiger partial charge in [0.1, 0.15) is 11.2 Å². The van der Waals surface area contributed by atoms with Crippen LogP contribution in [-0.2, 0) is 0 Å². The van der Waals surface area contributed by atoms with Crippen molar-refractivity contribution in [1.82, 2.24) is 4.57 Å². The van der Waals surface area contributed by atoms with Crippen LogP contribution in [0.4, 0.5) is 17.1 Å². The van der Waals surface area contributed by atoms with Gasteiger partial charge in [-0.1, -0.05) is 176 Å². The van der Waals surface area contributed by atoms with Crippen molar-refractivity contribution in [3.05, 3.63) is 242 Å². The fourth-order valence-corrected chi connectivity index (χ4v) is 8.76. The van der Waals surface area contributed by atoms with E-state index in [9.17, 15) is 13.7 Å². The first-order valence-electron chi connectivity index (χ1n) is 31.5. The lowest BCUT2D eigenvalue weighted by Crippen LogP contribution is -2.12. The van der Waals surface area contributed by atoms with Crippen LogP contribution < -0.4 is 4.90 Å². The summed E-state index contributed by atoms with van der Waals surface area (Å²) in [6, 6.07) is 13.9. The van der Waals surface area contributed by atoms with Gasteiger partial charge in [-0.2, -0.15) is 0 Å². The van der Waals surface area contributed by atoms with E-state index in [1.54, 1.807) is 36.4 Å². The van der Waals surface area contributed by atoms with Gasteiger partial charge in [0.2, 0.25) is 0 Å². The molecule has 3 nitrogen and oxygen atoms in total. The number of para-hydroxylation sites is 4. The van der Waals surface area contributed by atoms with Crippen molar-refractivity contribution in [3.63, 3.8) is 0 Å². The predicted molar refractivity (Wildman–Crippen MR) is 274 cm³/mol. The van der Waals surface area contributed by atoms with E-state index < -0.39 is 188 Å². The quantitative estimate of drug-likeness (QED) is 0.149. The fraction of sp³-hybridized carbons (Fsp3) is 0. The van der Waals surface area contributed by atoms with Crippen LogP contribution in [0.1, 0.15) is 30.2 Å². The summed E-state index contributed by atoms with van der Waals surface area (Å²) in [5, 5.41) is 0.888. The van der Waals surface area contributed by atoms with Gasteiger partial charge in [0.25, 0.3) is 0 Å². The maximum atomic E-state index is 10.2. The van der Waals surface area contributed by atoms with E-state index in [0.29, 0.717) is 27.6 Å². The summed E-state index contributed by atoms with van der Waals surface area (Å²) in [7, 11) is 0. The minimum absolute atomic E-state index is 0.123. The minimum Gasteiger partial charge on any atom is -0.455 e. The Bertz CT molecular complexity index is 5150. The molecule has 2 heterocycles. The maximum Gasteiger partial charge on any atom is 0.145 e. The molecule has 0 aliphatic carbocycles. The molecule has 0 fully saturated rings. The third kappa shape index (κ3) is 5.97. The van der Waals surface area contributed by atoms with Crippen molar-refractivity contribution in [2.24, 2.45) is 0 Å². The second kappa shape index (κ2) is 15.0. The van der Waals surface area contributed by atoms with E-state index in [-0.39, 0.29) is 16.8 Å². The highest BCUT2D eigenvalue weighted by molar-refractivity contribution is 6.16. The number of benzene rings is 11. The van der Waals surface area contributed by atoms with Crippen LogP contribution in [0.3, 0.4) is 0 Å². The predicted octanol–water partition coefficient (Wildman–Crippen LogP) is 17.5. The van der Waals surface area contributed by atoms with Gasteiger partial charge in [-0.15, -0.1) is 0 Å². The summed E-state index contributed by atoms with van der Waals surface area (Å²) in [4.78, 5) is 1.00. The van der Waals surface area contributed by atoms with E-state index in [1.807, 2.05) is 71.3 Å². The van der Waals surface area contributed by atoms with Gasteiger partial charge in [0.15, 0.2) is 0 Å². The average Bonchev–Trinajstić information content (AvgIpc) is 1.50. The molecule has 0 N–H and O–H groups in total. The number of hydrogen-bond acceptors (Lipinski definition) is 2. The summed E-state index contributed by atoms with van der Waals surface area (Å²) in [6.07, 6.45) is 0. The molecule has 0 unspecified atom stereocenters. The van der Waals surface area contributed by atoms with Crippen LogP contribution >= 0.6 is 0 Å². The van der Waals surface area contributed by atoms with E-state index in [2.05, 4.69) is 0 Å². The van der Waals surface area contributed by atoms with Crippen molar-refractivity contribution < 1.29 is 34.6 Å². The Hall–Kier alpha value is -8.66. The monoisotopic (exact) mass is 850 g/mol. The molecule has 0 atom stereocenters. The van der Waals surface area contributed by atoms with E-state index in [4.69, 9.17) is 20.9 Å². The lowest BCUT2D eigenvalue weighted by molar-refractivity contribution is 0.670. The fourth-order valence-electron chi connectivity index (χ4n) is 8.76. The first kappa shape index (κ1) is 21.1. The molecular formula is C62H40N2O. The second-order valence-electron chi connectivity index (χ2n) is 15.1. The van der Waals surface area contributed by atoms with Gasteiger partial charge in [-0.05, 0) is 110 Å². The van der Waals surface area contributed by atoms with Crippen LogP contribution in [0.25, 0.3) is 104 Å². The summed E-state index contributed by atoms with van der Waals surface area (Å²) in [5.74, 6) is 0. The highest BCUT2D eigenvalue weighted by Crippen LogP contribution is 2.49. The molecule has 0 radical (unpaired) electrons. The third-order valence-corrected chi connectivity index (χ3v) is 11.6. The van der Waals surface area contributed by atoms with Crippen molar-refractivity contribution in [2.75, 3.05) is 4.90 Å². The van der Waals surface area contributed by atoms with Crippen LogP contribution in [0.5, 0.6) is 0 Å². The van der Waals surface area contributed by atoms with Crippen LogP contribution in [-0.4, -0.2) is 4.57 Å². The summed E-state index contributed by atoms with van der Waals surface area (Å²) < 4.78 is 212. The second-order valence-corrected chi connectivity index (χ2v) is 15.1. The van der Waals surface area contributed by atoms with Crippen LogP contribution in [0.15, 0.2) is 247 Å². The summed E-state index contributed by atoms with van der Waals surface area (Å²) >= 11 is 0. The molecule has 0 bridgehead atoms. The SMILES string of the molecule is [2H]c1c([2H])c([2H])c(-c2c([2H])c([2H])c(N(c3ccc4c(oc5ccccc54)c3-c3ccccc3-n3c4ccccc4c4ccccc43)c3c([2H])c([2H])c(-c4c([2H])c5c([2H])c([2H])c([2H])c([2H])c5c5c([2H])c([2H])c([2H])c([2H])c45)c([2H])c3[2H])c([2H])c2[2H])c([2H])c1[2H]. The molecule has 13 rings (SSSR count). The highest BCUT2D eigenvalue weighted by Gasteiger charge is 2.26. The lowest BCUT2D eigenvalue weighted by atomic mass is 9.93. The molecule has 0 spiro atoms. The van der Waals surface area contributed by atoms with Gasteiger partial charge in [-0.3, -0.25) is 0 Å². The van der Waals surface area contributed by atoms with Crippen LogP contribution in [0.2, 0.25) is 0 Å². The number of rotatable bonds is 7. The zero-order valence-corrected chi connectivity index (χ0v) is 33.7. The topological polar surface area (TPSA) is 21.3 Å². The van der Waals surface area contributed by atoms with Crippen molar-refractivity contribution >= 4 is 82.4 Å². The maximum absolute atomic E-state index is 10.2. The number of fused-ring (bicyclic) bond motifs is 9. The highest BCUT2D eigenvalue weighted by atomic mass is 16.3. The zero-order chi connectivity index (χ0) is 62.0. The molecule has 0 saturated carbocycles. The molecule has 0 amide bonds. The molecule has 304 valence electrons. The molecule has 65 heavy (non-hydrogen) atoms. The lowest BCUT2D eigenvalue weighted by Gasteiger charge is -2.29. The van der Waals surface area contributed by atoms with Crippen molar-refractivity contribution in [2.45, 2.75) is 0 Å². The van der Waals surface area contributed by atoms with Crippen molar-refractivity contribution in [1.29, 1.82) is 0 Å². The standard InChI is InChI=1S/C62H40N2O/c1-2-16-41(17-3-1)42-30-34-45(35-31-42)63(46-36-32-43(33-37-46)55-40-44-18-4-5-19-47(44)48-20-6-7-21-49(48)55)59-39-38-53-52-24-11-15-29-60(52)65-62(53)61(59)54-25-10-14-28-58(54)64-56-26-12-8-22-50(56)51-23-9-13-27-57(51)64/h1-40H/i1D,2D,3D,4D,5D,6D,7D,16D,17D,18D,19D,20D,21D,30D,31D,32D,33D,34D,35D,36D,37D,40D. The summed E-state index contributed by atoms with van der Waals surface area (Å²) in [5.41, 5.74) is -1.13. The summed E-state index contributed by atoms with van der Waals surface area (Å²) in [6.45, 7) is 0. The van der Waals surface area contributed by atoms with Crippen LogP contribution in [0, 0.1) is 0 Å². The Morgan fingerprint density at radius 3 is 1.71 bits per heavy atom. The van der Waals surface area contributed by atoms with E-state index >= 15 is 0 Å². The molecule has 13 aromatic rings. The Balaban J connectivity index is 1.21. The Kier molecular flexibility index (Phi) is 4.88. The number of aromatic nitrogens is 1. The first-order chi connectivity index (χ1) is 41.4. The van der Waals surface area contributed by atoms with Crippen molar-refractivity contribution in [3.8, 4) is 39.1 Å². The minimum atomic E-state index is -0.985. The zero-order valence-electron chi connectivity index (χ0n) is 55.7. The third-order valence-electron chi connectivity index (χ3n) is 11.6. The van der Waals surface area contributed by atoms with E-state index in [0.717, 1.165) is 26.7 Å². The molecule has 0 aliphatic heterocycles. The first-order valence-corrected chi connectivity index (χ1v) is 20.5.